The van der Waals surface area contributed by atoms with Crippen LogP contribution >= 0.6 is 30.4 Å². The molecule has 0 spiro atoms. The van der Waals surface area contributed by atoms with Crippen LogP contribution in [0.25, 0.3) is 0 Å². The van der Waals surface area contributed by atoms with Gasteiger partial charge in [0.15, 0.2) is 0 Å². The summed E-state index contributed by atoms with van der Waals surface area (Å²) in [6.45, 7) is 6.23. The van der Waals surface area contributed by atoms with E-state index in [9.17, 15) is 28.5 Å². The molecule has 3 heterocycles. The molecule has 2 aromatic rings. The molecule has 1 aromatic carbocycles. The van der Waals surface area contributed by atoms with Gasteiger partial charge in [0, 0.05) is 36.4 Å². The van der Waals surface area contributed by atoms with Gasteiger partial charge in [-0.05, 0) is 115 Å². The topological polar surface area (TPSA) is 179 Å². The molecular weight excluding hydrogens is 856 g/mol. The van der Waals surface area contributed by atoms with Gasteiger partial charge in [-0.1, -0.05) is 26.0 Å². The molecule has 8 rings (SSSR count). The molecule has 0 amide bonds. The lowest BCUT2D eigenvalue weighted by molar-refractivity contribution is -0.167. The van der Waals surface area contributed by atoms with Gasteiger partial charge in [0.25, 0.3) is 5.56 Å². The number of hydrogen-bond acceptors (Lipinski definition) is 12. The maximum Gasteiger partial charge on any atom is 0.530 e. The van der Waals surface area contributed by atoms with Crippen LogP contribution in [0.4, 0.5) is 0 Å². The number of aromatic nitrogens is 2. The van der Waals surface area contributed by atoms with Crippen LogP contribution in [0.3, 0.4) is 0 Å². The van der Waals surface area contributed by atoms with Gasteiger partial charge in [-0.3, -0.25) is 37.8 Å². The number of rotatable bonds is 9. The van der Waals surface area contributed by atoms with E-state index in [0.717, 1.165) is 62.5 Å². The Balaban J connectivity index is 0.885. The zero-order valence-corrected chi connectivity index (χ0v) is 35.1. The number of carbonyl (C=O) groups excluding carboxylic acids is 3. The van der Waals surface area contributed by atoms with Gasteiger partial charge in [-0.15, -0.1) is 0 Å². The Morgan fingerprint density at radius 3 is 2.57 bits per heavy atom. The van der Waals surface area contributed by atoms with Crippen LogP contribution in [0.15, 0.2) is 34.0 Å². The second kappa shape index (κ2) is 15.4. The highest BCUT2D eigenvalue weighted by Crippen LogP contribution is 2.66. The minimum Gasteiger partial charge on any atom is -0.462 e. The Hall–Kier alpha value is -2.85. The van der Waals surface area contributed by atoms with Crippen molar-refractivity contribution in [3.8, 4) is 5.75 Å². The zero-order chi connectivity index (χ0) is 39.6. The number of phosphoric acid groups is 1. The van der Waals surface area contributed by atoms with E-state index in [-0.39, 0.29) is 53.0 Å². The first-order valence-corrected chi connectivity index (χ1v) is 22.4. The molecule has 5 fully saturated rings. The lowest BCUT2D eigenvalue weighted by atomic mass is 9.45. The third-order valence-corrected chi connectivity index (χ3v) is 16.3. The van der Waals surface area contributed by atoms with Crippen molar-refractivity contribution in [2.45, 2.75) is 129 Å². The lowest BCUT2D eigenvalue weighted by Gasteiger charge is -2.60. The molecule has 6 aliphatic rings. The Labute approximate surface area is 338 Å². The second-order valence-corrected chi connectivity index (χ2v) is 20.0. The fourth-order valence-electron chi connectivity index (χ4n) is 11.1. The van der Waals surface area contributed by atoms with Gasteiger partial charge in [0.05, 0.1) is 29.6 Å². The number of aromatic amines is 1. The number of nitrogens with zero attached hydrogens (tertiary/aromatic N) is 1. The number of halogens is 1. The van der Waals surface area contributed by atoms with E-state index < -0.39 is 49.4 Å². The zero-order valence-electron chi connectivity index (χ0n) is 32.0. The number of phosphoric ester groups is 1. The van der Waals surface area contributed by atoms with Crippen molar-refractivity contribution < 1.29 is 46.7 Å². The van der Waals surface area contributed by atoms with Gasteiger partial charge in [0.2, 0.25) is 0 Å². The maximum atomic E-state index is 13.5. The number of fused-ring (bicyclic) bond motifs is 6. The highest BCUT2D eigenvalue weighted by atomic mass is 125. The molecular formula is C40H50IN2O12P. The number of benzene rings is 1. The van der Waals surface area contributed by atoms with Crippen LogP contribution < -0.4 is 15.8 Å². The largest absolute Gasteiger partial charge is 0.530 e. The molecule has 4 saturated carbocycles. The van der Waals surface area contributed by atoms with Gasteiger partial charge in [-0.25, -0.2) is 9.36 Å². The van der Waals surface area contributed by atoms with Gasteiger partial charge < -0.3 is 18.7 Å². The molecule has 4 aliphatic carbocycles. The molecule has 11 atom stereocenters. The van der Waals surface area contributed by atoms with Crippen molar-refractivity contribution in [3.63, 3.8) is 0 Å². The number of nitrogens with one attached hydrogen (secondary N) is 1. The summed E-state index contributed by atoms with van der Waals surface area (Å²) in [5.41, 5.74) is 0.486. The third kappa shape index (κ3) is 7.48. The molecule has 3 unspecified atom stereocenters. The number of Topliss-reactive ketones (excluding diaryl/α,β-unsaturated/α-hetero) is 1. The lowest BCUT2D eigenvalue weighted by Crippen LogP contribution is -2.54. The van der Waals surface area contributed by atoms with Crippen molar-refractivity contribution in [2.75, 3.05) is 6.61 Å². The van der Waals surface area contributed by atoms with E-state index in [1.54, 1.807) is 34.7 Å². The first-order chi connectivity index (χ1) is 26.7. The fourth-order valence-corrected chi connectivity index (χ4v) is 12.8. The van der Waals surface area contributed by atoms with Crippen LogP contribution in [-0.2, 0) is 48.8 Å². The predicted molar refractivity (Wildman–Crippen MR) is 208 cm³/mol. The summed E-state index contributed by atoms with van der Waals surface area (Å²) in [4.78, 5) is 65.9. The Morgan fingerprint density at radius 1 is 1.00 bits per heavy atom. The fraction of sp³-hybridized carbons (Fsp3) is 0.675. The number of hydrogen-bond donors (Lipinski definition) is 1. The van der Waals surface area contributed by atoms with Crippen molar-refractivity contribution >= 4 is 48.1 Å². The van der Waals surface area contributed by atoms with Gasteiger partial charge in [0.1, 0.15) is 36.1 Å². The van der Waals surface area contributed by atoms with Crippen LogP contribution in [-0.4, -0.2) is 52.2 Å². The summed E-state index contributed by atoms with van der Waals surface area (Å²) >= 11 is 1.80. The SMILES string of the molecule is Cc1cccc2c1COP(=O)(OC[C@H]1O[C@@H](n3cc([125I])c(=O)[nH]c3=O)C[C@H]1OC(=O)CCC(=O)OC1CC[C@H]3[C@@H]4CC[C@H]5CC(=O)CC[C@]5(C)C4CC[C@]13C)O2. The molecule has 0 bridgehead atoms. The first-order valence-electron chi connectivity index (χ1n) is 19.9. The molecule has 1 N–H and O–H groups in total. The summed E-state index contributed by atoms with van der Waals surface area (Å²) in [7, 11) is -4.08. The van der Waals surface area contributed by atoms with Crippen molar-refractivity contribution in [2.24, 2.45) is 34.5 Å². The molecule has 1 aromatic heterocycles. The summed E-state index contributed by atoms with van der Waals surface area (Å²) in [6.07, 6.45) is 6.33. The van der Waals surface area contributed by atoms with E-state index in [0.29, 0.717) is 41.6 Å². The van der Waals surface area contributed by atoms with Gasteiger partial charge in [-0.2, -0.15) is 0 Å². The number of aryl methyl sites for hydroxylation is 1. The molecule has 16 heteroatoms. The molecule has 14 nitrogen and oxygen atoms in total. The van der Waals surface area contributed by atoms with Crippen LogP contribution in [0.5, 0.6) is 5.75 Å². The molecule has 0 radical (unpaired) electrons. The minimum absolute atomic E-state index is 0.0119. The highest BCUT2D eigenvalue weighted by Gasteiger charge is 2.61. The van der Waals surface area contributed by atoms with Crippen LogP contribution in [0.2, 0.25) is 0 Å². The van der Waals surface area contributed by atoms with E-state index in [1.165, 1.54) is 10.8 Å². The maximum absolute atomic E-state index is 13.5. The Bertz CT molecular complexity index is 2070. The summed E-state index contributed by atoms with van der Waals surface area (Å²) in [5, 5.41) is 0. The average molecular weight is 907 g/mol. The average Bonchev–Trinajstić information content (AvgIpc) is 3.71. The molecule has 304 valence electrons. The van der Waals surface area contributed by atoms with Gasteiger partial charge >= 0.3 is 25.5 Å². The summed E-state index contributed by atoms with van der Waals surface area (Å²) in [6, 6.07) is 5.33. The van der Waals surface area contributed by atoms with Crippen LogP contribution in [0.1, 0.15) is 108 Å². The first kappa shape index (κ1) is 40.0. The predicted octanol–water partition coefficient (Wildman–Crippen LogP) is 6.69. The second-order valence-electron chi connectivity index (χ2n) is 17.2. The third-order valence-electron chi connectivity index (χ3n) is 14.2. The summed E-state index contributed by atoms with van der Waals surface area (Å²) in [5.74, 6) is 1.79. The van der Waals surface area contributed by atoms with E-state index in [1.807, 2.05) is 13.0 Å². The normalized spacial score (nSPS) is 37.4. The smallest absolute Gasteiger partial charge is 0.462 e. The molecule has 56 heavy (non-hydrogen) atoms. The number of esters is 2. The highest BCUT2D eigenvalue weighted by molar-refractivity contribution is 14.1. The number of carbonyl (C=O) groups is 3. The molecule has 1 saturated heterocycles. The minimum atomic E-state index is -4.08. The van der Waals surface area contributed by atoms with Crippen molar-refractivity contribution in [1.29, 1.82) is 0 Å². The summed E-state index contributed by atoms with van der Waals surface area (Å²) < 4.78 is 49.8. The van der Waals surface area contributed by atoms with Crippen LogP contribution in [0, 0.1) is 45.0 Å². The number of H-pyrrole nitrogens is 1. The monoisotopic (exact) mass is 906 g/mol. The van der Waals surface area contributed by atoms with Crippen molar-refractivity contribution in [3.05, 3.63) is 59.9 Å². The van der Waals surface area contributed by atoms with Crippen molar-refractivity contribution in [1.82, 2.24) is 9.55 Å². The Morgan fingerprint density at radius 2 is 1.77 bits per heavy atom. The Kier molecular flexibility index (Phi) is 11.0. The van der Waals surface area contributed by atoms with E-state index in [2.05, 4.69) is 18.8 Å². The van der Waals surface area contributed by atoms with E-state index in [4.69, 9.17) is 27.8 Å². The molecule has 2 aliphatic heterocycles. The quantitative estimate of drug-likeness (QED) is 0.161. The number of ether oxygens (including phenoxy) is 3. The number of ketones is 1. The van der Waals surface area contributed by atoms with E-state index >= 15 is 0 Å². The standard InChI is InChI=1S/C40H50IN2O12P/c1-22-5-4-6-30-26(22)20-50-56(49,55-30)51-21-32-31(18-34(52-32)43-19-29(41)37(47)42-38(43)48)53-35(45)11-12-36(46)54-33-10-9-27-25-8-7-23-17-24(44)13-15-39(23,2)28(25)14-16-40(27,33)3/h4-6,19,23,25,27-28,31-34H,7-18,20-21H2,1-3H3,(H,42,47,48)/t23-,25-,27-,28?,31+,32+,33?,34+,39-,40-,56?/m0/s1/i41-2.